The summed E-state index contributed by atoms with van der Waals surface area (Å²) >= 11 is 0. The van der Waals surface area contributed by atoms with Crippen molar-refractivity contribution in [1.82, 2.24) is 10.6 Å². The molecule has 188 valence electrons. The van der Waals surface area contributed by atoms with Gasteiger partial charge in [-0.2, -0.15) is 0 Å². The minimum absolute atomic E-state index is 0.00662. The lowest BCUT2D eigenvalue weighted by Gasteiger charge is -2.17. The smallest absolute Gasteiger partial charge is 0.407 e. The predicted molar refractivity (Wildman–Crippen MR) is 135 cm³/mol. The molecule has 0 radical (unpaired) electrons. The normalized spacial score (nSPS) is 14.1. The zero-order valence-electron chi connectivity index (χ0n) is 20.8. The Bertz CT molecular complexity index is 990. The third-order valence-electron chi connectivity index (χ3n) is 6.47. The second-order valence-electron chi connectivity index (χ2n) is 9.78. The molecule has 1 aliphatic carbocycles. The van der Waals surface area contributed by atoms with E-state index in [0.717, 1.165) is 17.5 Å². The summed E-state index contributed by atoms with van der Waals surface area (Å²) in [7, 11) is 0. The van der Waals surface area contributed by atoms with Crippen LogP contribution in [0.5, 0.6) is 0 Å². The average Bonchev–Trinajstić information content (AvgIpc) is 3.16. The predicted octanol–water partition coefficient (Wildman–Crippen LogP) is 4.95. The van der Waals surface area contributed by atoms with Crippen molar-refractivity contribution >= 4 is 18.0 Å². The molecule has 0 aliphatic heterocycles. The Hall–Kier alpha value is -3.35. The van der Waals surface area contributed by atoms with Crippen molar-refractivity contribution < 1.29 is 24.2 Å². The summed E-state index contributed by atoms with van der Waals surface area (Å²) in [5, 5.41) is 14.7. The van der Waals surface area contributed by atoms with E-state index in [9.17, 15) is 19.5 Å². The van der Waals surface area contributed by atoms with Crippen LogP contribution < -0.4 is 10.6 Å². The van der Waals surface area contributed by atoms with Crippen LogP contribution in [0.25, 0.3) is 11.1 Å². The number of benzene rings is 2. The molecule has 2 unspecified atom stereocenters. The van der Waals surface area contributed by atoms with Crippen molar-refractivity contribution in [2.45, 2.75) is 58.4 Å². The van der Waals surface area contributed by atoms with Crippen LogP contribution in [0.1, 0.15) is 63.5 Å². The van der Waals surface area contributed by atoms with E-state index in [0.29, 0.717) is 25.3 Å². The first-order valence-corrected chi connectivity index (χ1v) is 12.4. The summed E-state index contributed by atoms with van der Waals surface area (Å²) in [4.78, 5) is 35.9. The fourth-order valence-corrected chi connectivity index (χ4v) is 4.41. The summed E-state index contributed by atoms with van der Waals surface area (Å²) in [5.41, 5.74) is 4.68. The summed E-state index contributed by atoms with van der Waals surface area (Å²) in [6.07, 6.45) is 1.41. The number of rotatable bonds is 12. The molecule has 1 aliphatic rings. The van der Waals surface area contributed by atoms with Crippen molar-refractivity contribution in [2.24, 2.45) is 11.8 Å². The molecule has 0 saturated heterocycles. The third-order valence-corrected chi connectivity index (χ3v) is 6.47. The first-order chi connectivity index (χ1) is 16.8. The summed E-state index contributed by atoms with van der Waals surface area (Å²) in [6, 6.07) is 15.5. The van der Waals surface area contributed by atoms with Crippen LogP contribution in [-0.2, 0) is 14.3 Å². The molecule has 7 heteroatoms. The first-order valence-electron chi connectivity index (χ1n) is 12.4. The molecule has 0 bridgehead atoms. The van der Waals surface area contributed by atoms with Gasteiger partial charge in [-0.05, 0) is 53.4 Å². The maximum Gasteiger partial charge on any atom is 0.407 e. The molecule has 7 nitrogen and oxygen atoms in total. The van der Waals surface area contributed by atoms with Crippen molar-refractivity contribution in [1.29, 1.82) is 0 Å². The number of hydrogen-bond acceptors (Lipinski definition) is 4. The molecule has 2 atom stereocenters. The van der Waals surface area contributed by atoms with Gasteiger partial charge < -0.3 is 20.5 Å². The van der Waals surface area contributed by atoms with Gasteiger partial charge in [0.1, 0.15) is 12.6 Å². The number of carbonyl (C=O) groups is 3. The fraction of sp³-hybridized carbons (Fsp3) is 0.464. The van der Waals surface area contributed by atoms with Crippen molar-refractivity contribution in [2.75, 3.05) is 13.2 Å². The highest BCUT2D eigenvalue weighted by molar-refractivity contribution is 5.83. The zero-order valence-corrected chi connectivity index (χ0v) is 20.8. The Morgan fingerprint density at radius 2 is 1.51 bits per heavy atom. The number of carboxylic acid groups (broad SMARTS) is 1. The lowest BCUT2D eigenvalue weighted by molar-refractivity contribution is -0.142. The van der Waals surface area contributed by atoms with Crippen LogP contribution in [0.4, 0.5) is 4.79 Å². The van der Waals surface area contributed by atoms with Gasteiger partial charge in [0, 0.05) is 18.9 Å². The second-order valence-corrected chi connectivity index (χ2v) is 9.78. The quantitative estimate of drug-likeness (QED) is 0.399. The van der Waals surface area contributed by atoms with Gasteiger partial charge in [-0.1, -0.05) is 69.3 Å². The highest BCUT2D eigenvalue weighted by Gasteiger charge is 2.29. The molecule has 35 heavy (non-hydrogen) atoms. The molecular weight excluding hydrogens is 444 g/mol. The van der Waals surface area contributed by atoms with Crippen molar-refractivity contribution in [3.05, 3.63) is 59.7 Å². The van der Waals surface area contributed by atoms with E-state index in [-0.39, 0.29) is 30.8 Å². The van der Waals surface area contributed by atoms with Crippen molar-refractivity contribution in [3.8, 4) is 11.1 Å². The molecule has 0 spiro atoms. The molecule has 3 N–H and O–H groups in total. The second kappa shape index (κ2) is 12.4. The minimum atomic E-state index is -1.01. The number of fused-ring (bicyclic) bond motifs is 3. The van der Waals surface area contributed by atoms with Gasteiger partial charge in [0.25, 0.3) is 0 Å². The van der Waals surface area contributed by atoms with Gasteiger partial charge in [0.15, 0.2) is 0 Å². The zero-order chi connectivity index (χ0) is 25.4. The number of hydrogen-bond donors (Lipinski definition) is 3. The van der Waals surface area contributed by atoms with Crippen LogP contribution in [-0.4, -0.2) is 42.3 Å². The highest BCUT2D eigenvalue weighted by atomic mass is 16.5. The molecule has 0 fully saturated rings. The van der Waals surface area contributed by atoms with Gasteiger partial charge in [0.2, 0.25) is 5.91 Å². The molecule has 0 saturated carbocycles. The van der Waals surface area contributed by atoms with Crippen LogP contribution in [0.2, 0.25) is 0 Å². The Morgan fingerprint density at radius 3 is 2.09 bits per heavy atom. The van der Waals surface area contributed by atoms with E-state index in [2.05, 4.69) is 34.9 Å². The van der Waals surface area contributed by atoms with Gasteiger partial charge in [-0.3, -0.25) is 4.79 Å². The maximum atomic E-state index is 12.3. The number of carbonyl (C=O) groups excluding carboxylic acids is 2. The van der Waals surface area contributed by atoms with Gasteiger partial charge in [-0.15, -0.1) is 0 Å². The molecule has 0 heterocycles. The topological polar surface area (TPSA) is 105 Å². The number of ether oxygens (including phenoxy) is 1. The van der Waals surface area contributed by atoms with Crippen LogP contribution in [0, 0.1) is 11.8 Å². The molecule has 2 aromatic carbocycles. The minimum Gasteiger partial charge on any atom is -0.480 e. The average molecular weight is 481 g/mol. The van der Waals surface area contributed by atoms with E-state index in [1.807, 2.05) is 45.0 Å². The van der Waals surface area contributed by atoms with E-state index < -0.39 is 18.1 Å². The Morgan fingerprint density at radius 1 is 0.914 bits per heavy atom. The van der Waals surface area contributed by atoms with Crippen molar-refractivity contribution in [3.63, 3.8) is 0 Å². The maximum absolute atomic E-state index is 12.3. The van der Waals surface area contributed by atoms with E-state index in [1.54, 1.807) is 0 Å². The van der Waals surface area contributed by atoms with E-state index in [1.165, 1.54) is 11.1 Å². The van der Waals surface area contributed by atoms with Crippen LogP contribution in [0.3, 0.4) is 0 Å². The fourth-order valence-electron chi connectivity index (χ4n) is 4.41. The van der Waals surface area contributed by atoms with Gasteiger partial charge in [0.05, 0.1) is 0 Å². The summed E-state index contributed by atoms with van der Waals surface area (Å²) < 4.78 is 5.55. The van der Waals surface area contributed by atoms with E-state index >= 15 is 0 Å². The molecule has 3 rings (SSSR count). The lowest BCUT2D eigenvalue weighted by atomic mass is 9.98. The number of nitrogens with one attached hydrogen (secondary N) is 2. The number of alkyl carbamates (subject to hydrolysis) is 1. The number of carboxylic acids is 1. The lowest BCUT2D eigenvalue weighted by Crippen LogP contribution is -2.41. The third kappa shape index (κ3) is 7.31. The molecule has 2 amide bonds. The summed E-state index contributed by atoms with van der Waals surface area (Å²) in [5.74, 6) is -0.872. The molecule has 0 aromatic heterocycles. The van der Waals surface area contributed by atoms with E-state index in [4.69, 9.17) is 4.74 Å². The Kier molecular flexibility index (Phi) is 9.29. The van der Waals surface area contributed by atoms with Gasteiger partial charge >= 0.3 is 12.1 Å². The SMILES string of the molecule is CC(C)CCC(NC(=O)CCC(C)CNC(=O)OCC1c2ccccc2-c2ccccc21)C(=O)O. The first kappa shape index (κ1) is 26.3. The molecular formula is C28H36N2O5. The molecule has 2 aromatic rings. The largest absolute Gasteiger partial charge is 0.480 e. The standard InChI is InChI=1S/C28H36N2O5/c1-18(2)12-14-25(27(32)33)30-26(31)15-13-19(3)16-29-28(34)35-17-24-22-10-6-4-8-20(22)21-9-5-7-11-23(21)24/h4-11,18-19,24-25H,12-17H2,1-3H3,(H,29,34)(H,30,31)(H,32,33). The number of aliphatic carboxylic acids is 1. The Balaban J connectivity index is 1.40. The highest BCUT2D eigenvalue weighted by Crippen LogP contribution is 2.44. The van der Waals surface area contributed by atoms with Gasteiger partial charge in [-0.25, -0.2) is 9.59 Å². The van der Waals surface area contributed by atoms with Crippen LogP contribution in [0.15, 0.2) is 48.5 Å². The van der Waals surface area contributed by atoms with Crippen LogP contribution >= 0.6 is 0 Å². The summed E-state index contributed by atoms with van der Waals surface area (Å²) in [6.45, 7) is 6.60. The monoisotopic (exact) mass is 480 g/mol. The Labute approximate surface area is 207 Å². The number of amides is 2.